The molecule has 1 aliphatic rings. The Kier molecular flexibility index (Phi) is 5.37. The number of nitrogens with one attached hydrogen (secondary N) is 2. The molecule has 0 unspecified atom stereocenters. The van der Waals surface area contributed by atoms with Gasteiger partial charge in [0.2, 0.25) is 5.91 Å². The molecule has 0 spiro atoms. The second kappa shape index (κ2) is 8.11. The first-order chi connectivity index (χ1) is 14.4. The highest BCUT2D eigenvalue weighted by molar-refractivity contribution is 7.90. The molecule has 1 aliphatic heterocycles. The number of sulfonamides is 1. The van der Waals surface area contributed by atoms with Crippen molar-refractivity contribution in [3.05, 3.63) is 83.4 Å². The Labute approximate surface area is 174 Å². The minimum absolute atomic E-state index is 0.167. The van der Waals surface area contributed by atoms with Crippen LogP contribution in [0.4, 0.5) is 0 Å². The summed E-state index contributed by atoms with van der Waals surface area (Å²) in [6, 6.07) is 14.5. The van der Waals surface area contributed by atoms with Gasteiger partial charge in [0, 0.05) is 31.0 Å². The molecule has 9 heteroatoms. The van der Waals surface area contributed by atoms with Gasteiger partial charge in [0.15, 0.2) is 0 Å². The van der Waals surface area contributed by atoms with Gasteiger partial charge in [-0.05, 0) is 30.2 Å². The van der Waals surface area contributed by atoms with E-state index in [4.69, 9.17) is 0 Å². The summed E-state index contributed by atoms with van der Waals surface area (Å²) in [5.74, 6) is 0.845. The highest BCUT2D eigenvalue weighted by Crippen LogP contribution is 2.22. The van der Waals surface area contributed by atoms with Gasteiger partial charge >= 0.3 is 0 Å². The van der Waals surface area contributed by atoms with E-state index in [1.165, 1.54) is 6.07 Å². The average Bonchev–Trinajstić information content (AvgIpc) is 3.25. The molecule has 2 N–H and O–H groups in total. The van der Waals surface area contributed by atoms with Crippen LogP contribution in [0.1, 0.15) is 22.5 Å². The van der Waals surface area contributed by atoms with E-state index in [2.05, 4.69) is 20.0 Å². The van der Waals surface area contributed by atoms with Crippen LogP contribution in [0, 0.1) is 6.92 Å². The van der Waals surface area contributed by atoms with E-state index in [1.54, 1.807) is 24.4 Å². The summed E-state index contributed by atoms with van der Waals surface area (Å²) >= 11 is 0. The number of carbonyl (C=O) groups excluding carboxylic acids is 1. The molecular weight excluding hydrogens is 402 g/mol. The van der Waals surface area contributed by atoms with Crippen molar-refractivity contribution < 1.29 is 13.2 Å². The average molecular weight is 423 g/mol. The van der Waals surface area contributed by atoms with Crippen LogP contribution in [0.3, 0.4) is 0 Å². The van der Waals surface area contributed by atoms with Crippen LogP contribution in [0.25, 0.3) is 0 Å². The summed E-state index contributed by atoms with van der Waals surface area (Å²) in [5, 5.41) is 2.82. The van der Waals surface area contributed by atoms with E-state index in [0.717, 1.165) is 17.0 Å². The molecule has 0 saturated carbocycles. The standard InChI is InChI=1S/C21H21N5O3S/c1-15-22-9-10-26(15)14-17-6-4-5-16(11-17)12-23-20(27)13-24-21-18-7-2-3-8-19(18)30(28,29)25-21/h2-11H,12-14H2,1H3,(H,23,27)(H,24,25). The molecule has 0 saturated heterocycles. The molecule has 1 amide bonds. The SMILES string of the molecule is Cc1nccn1Cc1cccc(CNC(=O)CN=C2NS(=O)(=O)c3ccccc32)c1. The first kappa shape index (κ1) is 19.8. The third-order valence-electron chi connectivity index (χ3n) is 4.80. The lowest BCUT2D eigenvalue weighted by molar-refractivity contribution is -0.119. The molecule has 0 atom stereocenters. The number of hydrogen-bond donors (Lipinski definition) is 2. The van der Waals surface area contributed by atoms with Gasteiger partial charge in [-0.15, -0.1) is 0 Å². The lowest BCUT2D eigenvalue weighted by Gasteiger charge is -2.08. The lowest BCUT2D eigenvalue weighted by atomic mass is 10.1. The third-order valence-corrected chi connectivity index (χ3v) is 6.20. The first-order valence-corrected chi connectivity index (χ1v) is 10.9. The fourth-order valence-electron chi connectivity index (χ4n) is 3.26. The second-order valence-electron chi connectivity index (χ2n) is 6.97. The van der Waals surface area contributed by atoms with Crippen molar-refractivity contribution in [2.75, 3.05) is 6.54 Å². The maximum atomic E-state index is 12.2. The molecule has 0 fully saturated rings. The van der Waals surface area contributed by atoms with Crippen LogP contribution in [0.15, 0.2) is 70.8 Å². The van der Waals surface area contributed by atoms with Gasteiger partial charge in [-0.3, -0.25) is 14.5 Å². The molecule has 1 aromatic heterocycles. The van der Waals surface area contributed by atoms with Crippen LogP contribution in [-0.4, -0.2) is 36.3 Å². The van der Waals surface area contributed by atoms with Crippen molar-refractivity contribution in [2.45, 2.75) is 24.9 Å². The van der Waals surface area contributed by atoms with Crippen LogP contribution in [0.5, 0.6) is 0 Å². The fraction of sp³-hybridized carbons (Fsp3) is 0.190. The van der Waals surface area contributed by atoms with Crippen molar-refractivity contribution in [3.8, 4) is 0 Å². The Balaban J connectivity index is 1.36. The van der Waals surface area contributed by atoms with Gasteiger partial charge in [-0.1, -0.05) is 36.4 Å². The number of aliphatic imine (C=N–C) groups is 1. The Hall–Kier alpha value is -3.46. The van der Waals surface area contributed by atoms with Gasteiger partial charge in [0.25, 0.3) is 10.0 Å². The molecular formula is C21H21N5O3S. The topological polar surface area (TPSA) is 105 Å². The number of carbonyl (C=O) groups is 1. The number of rotatable bonds is 6. The van der Waals surface area contributed by atoms with E-state index in [-0.39, 0.29) is 23.2 Å². The third kappa shape index (κ3) is 4.25. The zero-order chi connectivity index (χ0) is 21.1. The van der Waals surface area contributed by atoms with Crippen LogP contribution in [-0.2, 0) is 27.9 Å². The first-order valence-electron chi connectivity index (χ1n) is 9.41. The molecule has 0 bridgehead atoms. The van der Waals surface area contributed by atoms with Crippen molar-refractivity contribution in [3.63, 3.8) is 0 Å². The van der Waals surface area contributed by atoms with E-state index >= 15 is 0 Å². The van der Waals surface area contributed by atoms with Crippen LogP contribution >= 0.6 is 0 Å². The van der Waals surface area contributed by atoms with Crippen molar-refractivity contribution in [1.82, 2.24) is 19.6 Å². The zero-order valence-corrected chi connectivity index (χ0v) is 17.2. The molecule has 30 heavy (non-hydrogen) atoms. The summed E-state index contributed by atoms with van der Waals surface area (Å²) in [6.45, 7) is 2.86. The molecule has 3 aromatic rings. The van der Waals surface area contributed by atoms with Crippen molar-refractivity contribution in [2.24, 2.45) is 4.99 Å². The zero-order valence-electron chi connectivity index (χ0n) is 16.4. The minimum atomic E-state index is -3.61. The maximum absolute atomic E-state index is 12.2. The minimum Gasteiger partial charge on any atom is -0.350 e. The molecule has 2 heterocycles. The number of benzene rings is 2. The van der Waals surface area contributed by atoms with E-state index in [9.17, 15) is 13.2 Å². The number of imidazole rings is 1. The Morgan fingerprint density at radius 1 is 1.17 bits per heavy atom. The van der Waals surface area contributed by atoms with E-state index in [1.807, 2.05) is 42.0 Å². The number of amides is 1. The highest BCUT2D eigenvalue weighted by Gasteiger charge is 2.30. The molecule has 2 aromatic carbocycles. The molecule has 4 rings (SSSR count). The lowest BCUT2D eigenvalue weighted by Crippen LogP contribution is -2.28. The molecule has 154 valence electrons. The van der Waals surface area contributed by atoms with Gasteiger partial charge in [0.05, 0.1) is 4.90 Å². The van der Waals surface area contributed by atoms with E-state index in [0.29, 0.717) is 18.7 Å². The predicted octanol–water partition coefficient (Wildman–Crippen LogP) is 1.59. The number of nitrogens with zero attached hydrogens (tertiary/aromatic N) is 3. The largest absolute Gasteiger partial charge is 0.350 e. The monoisotopic (exact) mass is 423 g/mol. The van der Waals surface area contributed by atoms with Gasteiger partial charge in [-0.25, -0.2) is 13.4 Å². The van der Waals surface area contributed by atoms with Crippen molar-refractivity contribution in [1.29, 1.82) is 0 Å². The number of fused-ring (bicyclic) bond motifs is 1. The summed E-state index contributed by atoms with van der Waals surface area (Å²) in [6.07, 6.45) is 3.70. The normalized spacial score (nSPS) is 15.6. The quantitative estimate of drug-likeness (QED) is 0.628. The number of aryl methyl sites for hydroxylation is 1. The van der Waals surface area contributed by atoms with Crippen molar-refractivity contribution >= 4 is 21.8 Å². The predicted molar refractivity (Wildman–Crippen MR) is 113 cm³/mol. The number of aromatic nitrogens is 2. The Morgan fingerprint density at radius 2 is 1.97 bits per heavy atom. The summed E-state index contributed by atoms with van der Waals surface area (Å²) in [7, 11) is -3.61. The molecule has 8 nitrogen and oxygen atoms in total. The van der Waals surface area contributed by atoms with Gasteiger partial charge in [0.1, 0.15) is 18.2 Å². The second-order valence-corrected chi connectivity index (χ2v) is 8.62. The highest BCUT2D eigenvalue weighted by atomic mass is 32.2. The molecule has 0 aliphatic carbocycles. The summed E-state index contributed by atoms with van der Waals surface area (Å²) in [5.41, 5.74) is 2.56. The fourth-order valence-corrected chi connectivity index (χ4v) is 4.52. The smallest absolute Gasteiger partial charge is 0.263 e. The van der Waals surface area contributed by atoms with Gasteiger partial charge in [-0.2, -0.15) is 0 Å². The molecule has 0 radical (unpaired) electrons. The van der Waals surface area contributed by atoms with Crippen LogP contribution < -0.4 is 10.0 Å². The van der Waals surface area contributed by atoms with Gasteiger partial charge < -0.3 is 9.88 Å². The number of amidine groups is 1. The van der Waals surface area contributed by atoms with Crippen LogP contribution in [0.2, 0.25) is 0 Å². The summed E-state index contributed by atoms with van der Waals surface area (Å²) in [4.78, 5) is 20.8. The summed E-state index contributed by atoms with van der Waals surface area (Å²) < 4.78 is 28.6. The van der Waals surface area contributed by atoms with E-state index < -0.39 is 10.0 Å². The Morgan fingerprint density at radius 3 is 2.77 bits per heavy atom. The maximum Gasteiger partial charge on any atom is 0.263 e. The number of hydrogen-bond acceptors (Lipinski definition) is 5. The Bertz CT molecular complexity index is 1230.